The van der Waals surface area contributed by atoms with Gasteiger partial charge in [0.1, 0.15) is 6.10 Å². The SMILES string of the molecule is O=C(O)N1CC2CC(Oc3ncc(C(F)(F)F)cc3F)C1C2. The Morgan fingerprint density at radius 2 is 2.14 bits per heavy atom. The van der Waals surface area contributed by atoms with Crippen LogP contribution in [-0.4, -0.2) is 39.8 Å². The van der Waals surface area contributed by atoms with Crippen LogP contribution in [0.1, 0.15) is 18.4 Å². The molecule has 0 aromatic carbocycles. The van der Waals surface area contributed by atoms with Crippen LogP contribution in [0.2, 0.25) is 0 Å². The standard InChI is InChI=1S/C13H12F4N2O3/c14-8-3-7(13(15,16)17)4-18-11(8)22-10-2-6-1-9(10)19(5-6)12(20)21/h3-4,6,9-10H,1-2,5H2,(H,20,21). The highest BCUT2D eigenvalue weighted by Gasteiger charge is 2.48. The number of aromatic nitrogens is 1. The van der Waals surface area contributed by atoms with Gasteiger partial charge in [0.25, 0.3) is 5.88 Å². The zero-order valence-electron chi connectivity index (χ0n) is 11.2. The summed E-state index contributed by atoms with van der Waals surface area (Å²) in [7, 11) is 0. The van der Waals surface area contributed by atoms with Gasteiger partial charge in [0.15, 0.2) is 5.82 Å². The monoisotopic (exact) mass is 320 g/mol. The molecule has 0 spiro atoms. The molecule has 2 fully saturated rings. The molecule has 2 bridgehead atoms. The summed E-state index contributed by atoms with van der Waals surface area (Å²) >= 11 is 0. The topological polar surface area (TPSA) is 62.7 Å². The molecule has 2 heterocycles. The van der Waals surface area contributed by atoms with Crippen molar-refractivity contribution in [2.24, 2.45) is 5.92 Å². The molecule has 2 aliphatic rings. The number of amides is 1. The summed E-state index contributed by atoms with van der Waals surface area (Å²) in [6, 6.07) is -0.0872. The van der Waals surface area contributed by atoms with Gasteiger partial charge >= 0.3 is 12.3 Å². The molecule has 0 radical (unpaired) electrons. The van der Waals surface area contributed by atoms with Gasteiger partial charge in [0, 0.05) is 12.7 Å². The van der Waals surface area contributed by atoms with Crippen molar-refractivity contribution < 1.29 is 32.2 Å². The van der Waals surface area contributed by atoms with Crippen molar-refractivity contribution in [3.05, 3.63) is 23.6 Å². The van der Waals surface area contributed by atoms with Gasteiger partial charge in [-0.1, -0.05) is 0 Å². The lowest BCUT2D eigenvalue weighted by molar-refractivity contribution is -0.138. The summed E-state index contributed by atoms with van der Waals surface area (Å²) in [5, 5.41) is 9.06. The molecule has 120 valence electrons. The third-order valence-electron chi connectivity index (χ3n) is 4.07. The average molecular weight is 320 g/mol. The van der Waals surface area contributed by atoms with Crippen LogP contribution in [0.4, 0.5) is 22.4 Å². The zero-order valence-corrected chi connectivity index (χ0v) is 11.2. The Hall–Kier alpha value is -2.06. The molecule has 5 nitrogen and oxygen atoms in total. The van der Waals surface area contributed by atoms with Crippen LogP contribution in [0.25, 0.3) is 0 Å². The van der Waals surface area contributed by atoms with Gasteiger partial charge in [-0.25, -0.2) is 14.2 Å². The fraction of sp³-hybridized carbons (Fsp3) is 0.538. The average Bonchev–Trinajstić information content (AvgIpc) is 2.99. The fourth-order valence-corrected chi connectivity index (χ4v) is 3.12. The van der Waals surface area contributed by atoms with Crippen molar-refractivity contribution in [3.63, 3.8) is 0 Å². The molecule has 1 amide bonds. The highest BCUT2D eigenvalue weighted by Crippen LogP contribution is 2.40. The second-order valence-electron chi connectivity index (χ2n) is 5.50. The molecule has 9 heteroatoms. The third-order valence-corrected chi connectivity index (χ3v) is 4.07. The molecule has 3 atom stereocenters. The van der Waals surface area contributed by atoms with E-state index in [9.17, 15) is 22.4 Å². The van der Waals surface area contributed by atoms with E-state index in [2.05, 4.69) is 4.98 Å². The Bertz CT molecular complexity index is 607. The van der Waals surface area contributed by atoms with Crippen LogP contribution in [0.15, 0.2) is 12.3 Å². The van der Waals surface area contributed by atoms with Gasteiger partial charge in [-0.05, 0) is 24.8 Å². The number of hydrogen-bond donors (Lipinski definition) is 1. The number of alkyl halides is 3. The molecule has 1 aliphatic heterocycles. The lowest BCUT2D eigenvalue weighted by atomic mass is 10.1. The lowest BCUT2D eigenvalue weighted by Crippen LogP contribution is -2.46. The summed E-state index contributed by atoms with van der Waals surface area (Å²) in [6.45, 7) is 0.406. The Morgan fingerprint density at radius 3 is 2.68 bits per heavy atom. The van der Waals surface area contributed by atoms with Crippen LogP contribution in [0.5, 0.6) is 5.88 Å². The Kier molecular flexibility index (Phi) is 3.37. The maximum atomic E-state index is 13.7. The molecule has 1 aliphatic carbocycles. The summed E-state index contributed by atoms with van der Waals surface area (Å²) < 4.78 is 56.4. The van der Waals surface area contributed by atoms with Crippen LogP contribution >= 0.6 is 0 Å². The van der Waals surface area contributed by atoms with Gasteiger partial charge in [0.2, 0.25) is 0 Å². The molecule has 1 N–H and O–H groups in total. The predicted octanol–water partition coefficient (Wildman–Crippen LogP) is 2.76. The first-order valence-electron chi connectivity index (χ1n) is 6.64. The first-order valence-corrected chi connectivity index (χ1v) is 6.64. The molecule has 22 heavy (non-hydrogen) atoms. The smallest absolute Gasteiger partial charge is 0.417 e. The second kappa shape index (κ2) is 4.99. The van der Waals surface area contributed by atoms with Crippen molar-refractivity contribution >= 4 is 6.09 Å². The van der Waals surface area contributed by atoms with Crippen LogP contribution < -0.4 is 4.74 Å². The Morgan fingerprint density at radius 1 is 1.41 bits per heavy atom. The van der Waals surface area contributed by atoms with E-state index >= 15 is 0 Å². The van der Waals surface area contributed by atoms with E-state index < -0.39 is 41.7 Å². The maximum Gasteiger partial charge on any atom is 0.417 e. The van der Waals surface area contributed by atoms with E-state index in [0.29, 0.717) is 31.6 Å². The maximum absolute atomic E-state index is 13.7. The number of ether oxygens (including phenoxy) is 1. The van der Waals surface area contributed by atoms with Gasteiger partial charge in [0.05, 0.1) is 11.6 Å². The number of carbonyl (C=O) groups is 1. The van der Waals surface area contributed by atoms with Crippen molar-refractivity contribution in [3.8, 4) is 5.88 Å². The minimum absolute atomic E-state index is 0.128. The largest absolute Gasteiger partial charge is 0.470 e. The molecular formula is C13H12F4N2O3. The second-order valence-corrected chi connectivity index (χ2v) is 5.50. The molecule has 1 aromatic rings. The highest BCUT2D eigenvalue weighted by atomic mass is 19.4. The van der Waals surface area contributed by atoms with E-state index in [1.165, 1.54) is 4.90 Å². The minimum atomic E-state index is -4.68. The van der Waals surface area contributed by atoms with Crippen LogP contribution in [0.3, 0.4) is 0 Å². The fourth-order valence-electron chi connectivity index (χ4n) is 3.12. The number of hydrogen-bond acceptors (Lipinski definition) is 3. The van der Waals surface area contributed by atoms with Gasteiger partial charge in [-0.15, -0.1) is 0 Å². The van der Waals surface area contributed by atoms with Crippen molar-refractivity contribution in [2.75, 3.05) is 6.54 Å². The highest BCUT2D eigenvalue weighted by molar-refractivity contribution is 5.66. The van der Waals surface area contributed by atoms with E-state index in [1.54, 1.807) is 0 Å². The number of nitrogens with zero attached hydrogens (tertiary/aromatic N) is 2. The first kappa shape index (κ1) is 14.9. The number of carboxylic acid groups (broad SMARTS) is 1. The zero-order chi connectivity index (χ0) is 16.1. The normalized spacial score (nSPS) is 27.3. The van der Waals surface area contributed by atoms with Crippen molar-refractivity contribution in [2.45, 2.75) is 31.2 Å². The molecule has 1 saturated heterocycles. The van der Waals surface area contributed by atoms with Crippen LogP contribution in [-0.2, 0) is 6.18 Å². The van der Waals surface area contributed by atoms with Gasteiger partial charge < -0.3 is 14.7 Å². The summed E-state index contributed by atoms with van der Waals surface area (Å²) in [6.07, 6.45) is -4.70. The Balaban J connectivity index is 1.76. The molecular weight excluding hydrogens is 308 g/mol. The number of fused-ring (bicyclic) bond motifs is 2. The van der Waals surface area contributed by atoms with Gasteiger partial charge in [-0.2, -0.15) is 13.2 Å². The lowest BCUT2D eigenvalue weighted by Gasteiger charge is -2.31. The minimum Gasteiger partial charge on any atom is -0.470 e. The summed E-state index contributed by atoms with van der Waals surface area (Å²) in [5.74, 6) is -1.61. The molecule has 1 saturated carbocycles. The van der Waals surface area contributed by atoms with E-state index in [0.717, 1.165) is 0 Å². The quantitative estimate of drug-likeness (QED) is 0.851. The number of pyridine rings is 1. The first-order chi connectivity index (χ1) is 10.3. The van der Waals surface area contributed by atoms with E-state index in [4.69, 9.17) is 9.84 Å². The number of halogens is 4. The molecule has 3 unspecified atom stereocenters. The van der Waals surface area contributed by atoms with E-state index in [-0.39, 0.29) is 5.92 Å². The van der Waals surface area contributed by atoms with Crippen molar-refractivity contribution in [1.29, 1.82) is 0 Å². The van der Waals surface area contributed by atoms with Crippen molar-refractivity contribution in [1.82, 2.24) is 9.88 Å². The number of rotatable bonds is 2. The number of likely N-dealkylation sites (tertiary alicyclic amines) is 1. The van der Waals surface area contributed by atoms with E-state index in [1.807, 2.05) is 0 Å². The predicted molar refractivity (Wildman–Crippen MR) is 64.9 cm³/mol. The van der Waals surface area contributed by atoms with Crippen LogP contribution in [0, 0.1) is 11.7 Å². The van der Waals surface area contributed by atoms with Gasteiger partial charge in [-0.3, -0.25) is 0 Å². The Labute approximate surface area is 122 Å². The third kappa shape index (κ3) is 2.55. The number of piperidine rings is 1. The molecule has 3 rings (SSSR count). The summed E-state index contributed by atoms with van der Waals surface area (Å²) in [5.41, 5.74) is -1.20. The summed E-state index contributed by atoms with van der Waals surface area (Å²) in [4.78, 5) is 15.7. The molecule has 1 aromatic heterocycles.